The Morgan fingerprint density at radius 2 is 2.18 bits per heavy atom. The van der Waals surface area contributed by atoms with E-state index in [0.717, 1.165) is 10.9 Å². The summed E-state index contributed by atoms with van der Waals surface area (Å²) in [6.45, 7) is 0.419. The zero-order valence-electron chi connectivity index (χ0n) is 8.83. The molecular weight excluding hydrogens is 218 g/mol. The van der Waals surface area contributed by atoms with Gasteiger partial charge >= 0.3 is 0 Å². The van der Waals surface area contributed by atoms with Crippen LogP contribution in [0.4, 0.5) is 0 Å². The van der Waals surface area contributed by atoms with Crippen molar-refractivity contribution in [1.82, 2.24) is 14.8 Å². The number of nitrogens with zero attached hydrogens (tertiary/aromatic N) is 2. The zero-order chi connectivity index (χ0) is 11.7. The molecule has 2 aromatic heterocycles. The lowest BCUT2D eigenvalue weighted by Crippen LogP contribution is -1.98. The molecule has 0 aliphatic rings. The van der Waals surface area contributed by atoms with Crippen LogP contribution in [0.25, 0.3) is 16.7 Å². The van der Waals surface area contributed by atoms with Crippen LogP contribution in [0.1, 0.15) is 0 Å². The molecule has 0 radical (unpaired) electrons. The molecule has 3 rings (SSSR count). The molecule has 0 atom stereocenters. The Bertz CT molecular complexity index is 656. The van der Waals surface area contributed by atoms with Crippen LogP contribution in [0.5, 0.6) is 5.75 Å². The van der Waals surface area contributed by atoms with Crippen LogP contribution >= 0.6 is 0 Å². The third-order valence-electron chi connectivity index (χ3n) is 2.54. The molecule has 1 aromatic carbocycles. The number of hydrogen-bond acceptors (Lipinski definition) is 3. The highest BCUT2D eigenvalue weighted by Crippen LogP contribution is 2.31. The Morgan fingerprint density at radius 3 is 2.94 bits per heavy atom. The Labute approximate surface area is 96.6 Å². The van der Waals surface area contributed by atoms with Gasteiger partial charge in [0, 0.05) is 17.8 Å². The number of nitrogens with one attached hydrogen (secondary N) is 1. The molecule has 2 heterocycles. The number of benzene rings is 1. The van der Waals surface area contributed by atoms with Crippen LogP contribution in [-0.4, -0.2) is 21.2 Å². The maximum atomic E-state index is 10.6. The number of fused-ring (bicyclic) bond motifs is 1. The average Bonchev–Trinajstić information content (AvgIpc) is 2.97. The fourth-order valence-corrected chi connectivity index (χ4v) is 1.83. The lowest BCUT2D eigenvalue weighted by molar-refractivity contribution is -0.120. The van der Waals surface area contributed by atoms with Crippen molar-refractivity contribution in [3.05, 3.63) is 42.7 Å². The van der Waals surface area contributed by atoms with E-state index in [-0.39, 0.29) is 0 Å². The Hall–Kier alpha value is -2.56. The summed E-state index contributed by atoms with van der Waals surface area (Å²) in [4.78, 5) is 13.7. The van der Waals surface area contributed by atoms with Gasteiger partial charge in [-0.05, 0) is 18.2 Å². The number of rotatable bonds is 3. The largest absolute Gasteiger partial charge is 0.424 e. The summed E-state index contributed by atoms with van der Waals surface area (Å²) < 4.78 is 6.67. The predicted octanol–water partition coefficient (Wildman–Crippen LogP) is 1.89. The van der Waals surface area contributed by atoms with Crippen molar-refractivity contribution in [3.63, 3.8) is 0 Å². The third-order valence-corrected chi connectivity index (χ3v) is 2.54. The van der Waals surface area contributed by atoms with Crippen molar-refractivity contribution in [1.29, 1.82) is 0 Å². The van der Waals surface area contributed by atoms with Crippen molar-refractivity contribution in [3.8, 4) is 11.6 Å². The topological polar surface area (TPSA) is 59.9 Å². The summed E-state index contributed by atoms with van der Waals surface area (Å²) in [5, 5.41) is 4.97. The molecular formula is C12H9N3O2. The first-order valence-electron chi connectivity index (χ1n) is 5.11. The fraction of sp³-hybridized carbons (Fsp3) is 0. The molecule has 0 fully saturated rings. The van der Waals surface area contributed by atoms with Gasteiger partial charge in [-0.1, -0.05) is 12.1 Å². The highest BCUT2D eigenvalue weighted by Gasteiger charge is 2.14. The van der Waals surface area contributed by atoms with E-state index in [1.165, 1.54) is 0 Å². The van der Waals surface area contributed by atoms with Gasteiger partial charge in [-0.3, -0.25) is 4.79 Å². The minimum Gasteiger partial charge on any atom is -0.424 e. The quantitative estimate of drug-likeness (QED) is 0.695. The molecule has 0 bridgehead atoms. The molecule has 0 saturated heterocycles. The van der Waals surface area contributed by atoms with E-state index >= 15 is 0 Å². The monoisotopic (exact) mass is 227 g/mol. The molecule has 3 aromatic rings. The van der Waals surface area contributed by atoms with Crippen LogP contribution in [0.2, 0.25) is 0 Å². The number of carbonyl (C=O) groups excluding carboxylic acids is 1. The molecule has 0 spiro atoms. The number of H-pyrrole nitrogens is 1. The van der Waals surface area contributed by atoms with Gasteiger partial charge in [-0.15, -0.1) is 0 Å². The summed E-state index contributed by atoms with van der Waals surface area (Å²) in [5.41, 5.74) is 0.898. The van der Waals surface area contributed by atoms with E-state index in [1.54, 1.807) is 23.1 Å². The van der Waals surface area contributed by atoms with Gasteiger partial charge in [0.1, 0.15) is 0 Å². The fourth-order valence-electron chi connectivity index (χ4n) is 1.83. The van der Waals surface area contributed by atoms with Crippen molar-refractivity contribution in [2.75, 3.05) is 0 Å². The normalized spacial score (nSPS) is 10.6. The molecule has 0 aliphatic carbocycles. The molecule has 5 heteroatoms. The number of aromatic amines is 1. The lowest BCUT2D eigenvalue weighted by atomic mass is 10.2. The summed E-state index contributed by atoms with van der Waals surface area (Å²) in [6.07, 6.45) is 3.44. The zero-order valence-corrected chi connectivity index (χ0v) is 8.83. The SMILES string of the molecule is O=COc1c(-n2cccn2)[nH]c2ccccc12. The molecule has 0 aliphatic heterocycles. The van der Waals surface area contributed by atoms with E-state index < -0.39 is 0 Å². The Balaban J connectivity index is 2.29. The second-order valence-electron chi connectivity index (χ2n) is 3.51. The molecule has 0 saturated carbocycles. The van der Waals surface area contributed by atoms with Gasteiger partial charge in [0.15, 0.2) is 11.6 Å². The second-order valence-corrected chi connectivity index (χ2v) is 3.51. The number of ether oxygens (including phenoxy) is 1. The van der Waals surface area contributed by atoms with E-state index in [9.17, 15) is 4.79 Å². The van der Waals surface area contributed by atoms with E-state index in [0.29, 0.717) is 18.0 Å². The summed E-state index contributed by atoms with van der Waals surface area (Å²) in [6, 6.07) is 9.41. The van der Waals surface area contributed by atoms with Crippen molar-refractivity contribution in [2.24, 2.45) is 0 Å². The summed E-state index contributed by atoms with van der Waals surface area (Å²) in [7, 11) is 0. The number of hydrogen-bond donors (Lipinski definition) is 1. The Morgan fingerprint density at radius 1 is 1.29 bits per heavy atom. The second kappa shape index (κ2) is 3.79. The van der Waals surface area contributed by atoms with Crippen LogP contribution < -0.4 is 4.74 Å². The predicted molar refractivity (Wildman–Crippen MR) is 62.1 cm³/mol. The van der Waals surface area contributed by atoms with E-state index in [4.69, 9.17) is 4.74 Å². The minimum absolute atomic E-state index is 0.419. The summed E-state index contributed by atoms with van der Waals surface area (Å²) in [5.74, 6) is 1.13. The van der Waals surface area contributed by atoms with Crippen LogP contribution in [-0.2, 0) is 4.79 Å². The molecule has 0 unspecified atom stereocenters. The van der Waals surface area contributed by atoms with Gasteiger partial charge in [0.05, 0.1) is 5.52 Å². The number of aromatic nitrogens is 3. The van der Waals surface area contributed by atoms with Crippen molar-refractivity contribution in [2.45, 2.75) is 0 Å². The number of carbonyl (C=O) groups is 1. The maximum absolute atomic E-state index is 10.6. The minimum atomic E-state index is 0.419. The standard InChI is InChI=1S/C12H9N3O2/c16-8-17-11-9-4-1-2-5-10(9)14-12(11)15-7-3-6-13-15/h1-8,14H. The van der Waals surface area contributed by atoms with Gasteiger partial charge in [0.25, 0.3) is 6.47 Å². The first-order valence-corrected chi connectivity index (χ1v) is 5.11. The maximum Gasteiger partial charge on any atom is 0.298 e. The lowest BCUT2D eigenvalue weighted by Gasteiger charge is -2.01. The number of para-hydroxylation sites is 1. The third kappa shape index (κ3) is 1.48. The van der Waals surface area contributed by atoms with E-state index in [2.05, 4.69) is 10.1 Å². The average molecular weight is 227 g/mol. The molecule has 0 amide bonds. The van der Waals surface area contributed by atoms with Crippen LogP contribution in [0.3, 0.4) is 0 Å². The van der Waals surface area contributed by atoms with Gasteiger partial charge in [0.2, 0.25) is 0 Å². The van der Waals surface area contributed by atoms with Crippen molar-refractivity contribution >= 4 is 17.4 Å². The molecule has 17 heavy (non-hydrogen) atoms. The van der Waals surface area contributed by atoms with Gasteiger partial charge in [-0.2, -0.15) is 5.10 Å². The molecule has 1 N–H and O–H groups in total. The van der Waals surface area contributed by atoms with E-state index in [1.807, 2.05) is 24.3 Å². The highest BCUT2D eigenvalue weighted by atomic mass is 16.5. The first-order chi connectivity index (χ1) is 8.40. The highest BCUT2D eigenvalue weighted by molar-refractivity contribution is 5.91. The Kier molecular flexibility index (Phi) is 2.15. The van der Waals surface area contributed by atoms with Crippen LogP contribution in [0.15, 0.2) is 42.7 Å². The smallest absolute Gasteiger partial charge is 0.298 e. The van der Waals surface area contributed by atoms with Crippen molar-refractivity contribution < 1.29 is 9.53 Å². The first kappa shape index (κ1) is 9.65. The molecule has 84 valence electrons. The van der Waals surface area contributed by atoms with Gasteiger partial charge < -0.3 is 9.72 Å². The molecule has 5 nitrogen and oxygen atoms in total. The summed E-state index contributed by atoms with van der Waals surface area (Å²) >= 11 is 0. The van der Waals surface area contributed by atoms with Crippen LogP contribution in [0, 0.1) is 0 Å². The van der Waals surface area contributed by atoms with Gasteiger partial charge in [-0.25, -0.2) is 4.68 Å².